The second-order valence-corrected chi connectivity index (χ2v) is 7.23. The van der Waals surface area contributed by atoms with Crippen LogP contribution >= 0.6 is 11.3 Å². The van der Waals surface area contributed by atoms with E-state index in [1.807, 2.05) is 34.6 Å². The van der Waals surface area contributed by atoms with Crippen molar-refractivity contribution in [3.8, 4) is 0 Å². The Morgan fingerprint density at radius 2 is 2.05 bits per heavy atom. The third-order valence-corrected chi connectivity index (χ3v) is 3.94. The molecule has 0 spiro atoms. The minimum Gasteiger partial charge on any atom is -0.444 e. The van der Waals surface area contributed by atoms with Crippen molar-refractivity contribution in [2.75, 3.05) is 24.5 Å². The van der Waals surface area contributed by atoms with Gasteiger partial charge in [-0.15, -0.1) is 10.2 Å². The molecule has 2 heterocycles. The molecule has 0 saturated carbocycles. The molecule has 1 saturated heterocycles. The molecule has 7 heteroatoms. The zero-order valence-electron chi connectivity index (χ0n) is 12.7. The molecule has 6 nitrogen and oxygen atoms in total. The van der Waals surface area contributed by atoms with Gasteiger partial charge < -0.3 is 14.5 Å². The molecule has 112 valence electrons. The highest BCUT2D eigenvalue weighted by Crippen LogP contribution is 2.23. The van der Waals surface area contributed by atoms with E-state index in [2.05, 4.69) is 15.1 Å². The first-order valence-corrected chi connectivity index (χ1v) is 7.62. The number of ether oxygens (including phenoxy) is 1. The van der Waals surface area contributed by atoms with Gasteiger partial charge in [-0.05, 0) is 34.6 Å². The molecule has 20 heavy (non-hydrogen) atoms. The van der Waals surface area contributed by atoms with Crippen LogP contribution in [0.25, 0.3) is 0 Å². The number of piperazine rings is 1. The normalized spacial score (nSPS) is 20.1. The van der Waals surface area contributed by atoms with E-state index >= 15 is 0 Å². The van der Waals surface area contributed by atoms with Gasteiger partial charge in [-0.1, -0.05) is 11.3 Å². The van der Waals surface area contributed by atoms with Gasteiger partial charge in [-0.3, -0.25) is 0 Å². The van der Waals surface area contributed by atoms with Crippen LogP contribution in [0.3, 0.4) is 0 Å². The van der Waals surface area contributed by atoms with E-state index < -0.39 is 5.60 Å². The van der Waals surface area contributed by atoms with Crippen molar-refractivity contribution in [2.24, 2.45) is 0 Å². The summed E-state index contributed by atoms with van der Waals surface area (Å²) in [7, 11) is 0. The van der Waals surface area contributed by atoms with Crippen LogP contribution < -0.4 is 4.90 Å². The van der Waals surface area contributed by atoms with Crippen LogP contribution in [0.15, 0.2) is 0 Å². The Bertz CT molecular complexity index is 483. The highest BCUT2D eigenvalue weighted by Gasteiger charge is 2.31. The van der Waals surface area contributed by atoms with Gasteiger partial charge in [0.05, 0.1) is 0 Å². The largest absolute Gasteiger partial charge is 0.444 e. The fourth-order valence-corrected chi connectivity index (χ4v) is 2.86. The summed E-state index contributed by atoms with van der Waals surface area (Å²) in [6, 6.07) is 0.0998. The molecule has 0 N–H and O–H groups in total. The van der Waals surface area contributed by atoms with Gasteiger partial charge in [0.15, 0.2) is 0 Å². The number of hydrogen-bond acceptors (Lipinski definition) is 6. The summed E-state index contributed by atoms with van der Waals surface area (Å²) < 4.78 is 5.44. The van der Waals surface area contributed by atoms with Gasteiger partial charge in [-0.2, -0.15) is 0 Å². The van der Waals surface area contributed by atoms with Gasteiger partial charge in [0.25, 0.3) is 0 Å². The highest BCUT2D eigenvalue weighted by atomic mass is 32.1. The van der Waals surface area contributed by atoms with E-state index in [9.17, 15) is 4.79 Å². The van der Waals surface area contributed by atoms with Crippen molar-refractivity contribution in [2.45, 2.75) is 46.3 Å². The third-order valence-electron chi connectivity index (χ3n) is 3.04. The molecule has 0 unspecified atom stereocenters. The zero-order chi connectivity index (χ0) is 14.9. The Labute approximate surface area is 123 Å². The summed E-state index contributed by atoms with van der Waals surface area (Å²) in [6.45, 7) is 11.8. The highest BCUT2D eigenvalue weighted by molar-refractivity contribution is 7.15. The number of aromatic nitrogens is 2. The molecular formula is C13H22N4O2S. The maximum Gasteiger partial charge on any atom is 0.410 e. The Balaban J connectivity index is 1.97. The van der Waals surface area contributed by atoms with Crippen LogP contribution in [0.5, 0.6) is 0 Å². The number of aryl methyl sites for hydroxylation is 1. The van der Waals surface area contributed by atoms with Gasteiger partial charge in [0.2, 0.25) is 5.13 Å². The quantitative estimate of drug-likeness (QED) is 0.796. The van der Waals surface area contributed by atoms with Crippen LogP contribution in [-0.2, 0) is 4.74 Å². The number of carbonyl (C=O) groups is 1. The Morgan fingerprint density at radius 1 is 1.35 bits per heavy atom. The zero-order valence-corrected chi connectivity index (χ0v) is 13.5. The van der Waals surface area contributed by atoms with E-state index in [1.54, 1.807) is 16.2 Å². The maximum absolute atomic E-state index is 12.1. The minimum atomic E-state index is -0.454. The Morgan fingerprint density at radius 3 is 2.55 bits per heavy atom. The van der Waals surface area contributed by atoms with Crippen LogP contribution in [0.2, 0.25) is 0 Å². The lowest BCUT2D eigenvalue weighted by Gasteiger charge is -2.39. The molecule has 1 aliphatic rings. The fourth-order valence-electron chi connectivity index (χ4n) is 2.14. The number of carbonyl (C=O) groups excluding carboxylic acids is 1. The van der Waals surface area contributed by atoms with E-state index in [-0.39, 0.29) is 12.1 Å². The summed E-state index contributed by atoms with van der Waals surface area (Å²) in [5.41, 5.74) is -0.454. The monoisotopic (exact) mass is 298 g/mol. The molecule has 1 aliphatic heterocycles. The first-order chi connectivity index (χ1) is 9.26. The van der Waals surface area contributed by atoms with Crippen molar-refractivity contribution < 1.29 is 9.53 Å². The third kappa shape index (κ3) is 3.59. The van der Waals surface area contributed by atoms with Crippen LogP contribution in [0.4, 0.5) is 9.93 Å². The molecule has 1 fully saturated rings. The molecule has 1 aromatic heterocycles. The average Bonchev–Trinajstić information content (AvgIpc) is 2.73. The summed E-state index contributed by atoms with van der Waals surface area (Å²) in [5.74, 6) is 0. The predicted octanol–water partition coefficient (Wildman–Crippen LogP) is 2.29. The van der Waals surface area contributed by atoms with E-state index in [1.165, 1.54) is 0 Å². The lowest BCUT2D eigenvalue weighted by Crippen LogP contribution is -2.55. The van der Waals surface area contributed by atoms with Crippen LogP contribution in [-0.4, -0.2) is 52.5 Å². The molecule has 1 amide bonds. The first kappa shape index (κ1) is 15.0. The molecule has 0 radical (unpaired) electrons. The van der Waals surface area contributed by atoms with E-state index in [0.29, 0.717) is 6.54 Å². The predicted molar refractivity (Wildman–Crippen MR) is 79.3 cm³/mol. The molecule has 1 atom stereocenters. The van der Waals surface area contributed by atoms with Gasteiger partial charge in [0.1, 0.15) is 10.6 Å². The topological polar surface area (TPSA) is 58.6 Å². The SMILES string of the molecule is Cc1nnc(N2CCN(C(=O)OC(C)(C)C)[C@H](C)C2)s1. The standard InChI is InChI=1S/C13H22N4O2S/c1-9-8-16(11-15-14-10(2)20-11)6-7-17(9)12(18)19-13(3,4)5/h9H,6-8H2,1-5H3/t9-/m1/s1. The minimum absolute atomic E-state index is 0.0998. The molecular weight excluding hydrogens is 276 g/mol. The second kappa shape index (κ2) is 5.55. The lowest BCUT2D eigenvalue weighted by atomic mass is 10.2. The van der Waals surface area contributed by atoms with Crippen molar-refractivity contribution in [1.82, 2.24) is 15.1 Å². The average molecular weight is 298 g/mol. The molecule has 0 aliphatic carbocycles. The number of hydrogen-bond donors (Lipinski definition) is 0. The van der Waals surface area contributed by atoms with Crippen molar-refractivity contribution in [3.63, 3.8) is 0 Å². The maximum atomic E-state index is 12.1. The molecule has 0 bridgehead atoms. The second-order valence-electron chi connectivity index (χ2n) is 6.07. The number of rotatable bonds is 1. The summed E-state index contributed by atoms with van der Waals surface area (Å²) in [5, 5.41) is 10.1. The van der Waals surface area contributed by atoms with E-state index in [0.717, 1.165) is 23.2 Å². The van der Waals surface area contributed by atoms with Crippen molar-refractivity contribution in [3.05, 3.63) is 5.01 Å². The number of anilines is 1. The smallest absolute Gasteiger partial charge is 0.410 e. The first-order valence-electron chi connectivity index (χ1n) is 6.81. The summed E-state index contributed by atoms with van der Waals surface area (Å²) in [4.78, 5) is 16.1. The Hall–Kier alpha value is -1.37. The van der Waals surface area contributed by atoms with Gasteiger partial charge in [0, 0.05) is 25.7 Å². The molecule has 2 rings (SSSR count). The lowest BCUT2D eigenvalue weighted by molar-refractivity contribution is 0.0159. The Kier molecular flexibility index (Phi) is 4.17. The van der Waals surface area contributed by atoms with E-state index in [4.69, 9.17) is 4.74 Å². The van der Waals surface area contributed by atoms with Gasteiger partial charge >= 0.3 is 6.09 Å². The summed E-state index contributed by atoms with van der Waals surface area (Å²) in [6.07, 6.45) is -0.238. The molecule has 0 aromatic carbocycles. The van der Waals surface area contributed by atoms with Gasteiger partial charge in [-0.25, -0.2) is 4.79 Å². The number of nitrogens with zero attached hydrogens (tertiary/aromatic N) is 4. The van der Waals surface area contributed by atoms with Crippen LogP contribution in [0.1, 0.15) is 32.7 Å². The summed E-state index contributed by atoms with van der Waals surface area (Å²) >= 11 is 1.58. The van der Waals surface area contributed by atoms with Crippen LogP contribution in [0, 0.1) is 6.92 Å². The van der Waals surface area contributed by atoms with Crippen molar-refractivity contribution in [1.29, 1.82) is 0 Å². The fraction of sp³-hybridized carbons (Fsp3) is 0.769. The molecule has 1 aromatic rings. The van der Waals surface area contributed by atoms with Crippen molar-refractivity contribution >= 4 is 22.6 Å². The number of amides is 1.